The van der Waals surface area contributed by atoms with Gasteiger partial charge in [-0.1, -0.05) is 60.7 Å². The standard InChI is InChI=1S/C24H26NO3.C2HF3O2/c1-2-15-25-16-13-19(14-17-25)22(18-25)28-23(26)24(27,20-9-5-3-6-10-20)21-11-7-4-8-12-21;3-2(4,5)1(6)7/h1,3-12,19,22,27H,13-18H2;(H,6,7)/q+1;/p-1/t19?,22-,25?;/m0./s1. The number of carbonyl (C=O) groups is 2. The normalized spacial score (nSPS) is 23.4. The SMILES string of the molecule is C#CC[N+]12CCC(CC1)[C@@H](OC(=O)C(O)(c1ccccc1)c1ccccc1)C2.O=C([O-])C(F)(F)F. The van der Waals surface area contributed by atoms with Gasteiger partial charge in [0.15, 0.2) is 6.10 Å². The van der Waals surface area contributed by atoms with Crippen LogP contribution in [0.5, 0.6) is 0 Å². The molecule has 0 radical (unpaired) electrons. The Kier molecular flexibility index (Phi) is 7.88. The van der Waals surface area contributed by atoms with Crippen molar-refractivity contribution < 1.29 is 42.2 Å². The largest absolute Gasteiger partial charge is 0.542 e. The van der Waals surface area contributed by atoms with Gasteiger partial charge in [-0.15, -0.1) is 6.42 Å². The first-order chi connectivity index (χ1) is 16.5. The number of carboxylic acid groups (broad SMARTS) is 1. The smallest absolute Gasteiger partial charge is 0.430 e. The predicted octanol–water partition coefficient (Wildman–Crippen LogP) is 2.01. The molecule has 1 atom stereocenters. The number of quaternary nitrogens is 1. The number of nitrogens with zero attached hydrogens (tertiary/aromatic N) is 1. The molecule has 2 bridgehead atoms. The molecule has 6 nitrogen and oxygen atoms in total. The van der Waals surface area contributed by atoms with Crippen molar-refractivity contribution in [2.24, 2.45) is 5.92 Å². The number of halogens is 3. The zero-order chi connectivity index (χ0) is 25.7. The maximum atomic E-state index is 13.4. The van der Waals surface area contributed by atoms with Crippen molar-refractivity contribution in [3.05, 3.63) is 71.8 Å². The number of terminal acetylenes is 1. The third-order valence-electron chi connectivity index (χ3n) is 6.64. The molecule has 5 rings (SSSR count). The van der Waals surface area contributed by atoms with Crippen molar-refractivity contribution in [1.82, 2.24) is 0 Å². The van der Waals surface area contributed by atoms with E-state index in [4.69, 9.17) is 21.1 Å². The molecule has 0 saturated carbocycles. The number of aliphatic carboxylic acids is 1. The van der Waals surface area contributed by atoms with E-state index < -0.39 is 23.7 Å². The van der Waals surface area contributed by atoms with Crippen LogP contribution in [0.15, 0.2) is 60.7 Å². The summed E-state index contributed by atoms with van der Waals surface area (Å²) in [6, 6.07) is 18.0. The highest BCUT2D eigenvalue weighted by Gasteiger charge is 2.50. The molecule has 3 saturated heterocycles. The summed E-state index contributed by atoms with van der Waals surface area (Å²) >= 11 is 0. The summed E-state index contributed by atoms with van der Waals surface area (Å²) in [6.45, 7) is 3.50. The van der Waals surface area contributed by atoms with Gasteiger partial charge in [0.2, 0.25) is 5.60 Å². The molecule has 0 aliphatic carbocycles. The number of hydrogen-bond donors (Lipinski definition) is 1. The van der Waals surface area contributed by atoms with Crippen molar-refractivity contribution >= 4 is 11.9 Å². The first-order valence-corrected chi connectivity index (χ1v) is 11.1. The van der Waals surface area contributed by atoms with Crippen molar-refractivity contribution in [1.29, 1.82) is 0 Å². The lowest BCUT2D eigenvalue weighted by Gasteiger charge is -2.51. The van der Waals surface area contributed by atoms with Crippen LogP contribution in [0.1, 0.15) is 24.0 Å². The summed E-state index contributed by atoms with van der Waals surface area (Å²) in [7, 11) is 0. The average Bonchev–Trinajstić information content (AvgIpc) is 2.85. The quantitative estimate of drug-likeness (QED) is 0.395. The summed E-state index contributed by atoms with van der Waals surface area (Å²) in [5, 5.41) is 20.4. The van der Waals surface area contributed by atoms with Crippen LogP contribution in [0, 0.1) is 18.3 Å². The van der Waals surface area contributed by atoms with Crippen molar-refractivity contribution in [2.75, 3.05) is 26.2 Å². The second kappa shape index (κ2) is 10.5. The number of fused-ring (bicyclic) bond motifs is 3. The number of carbonyl (C=O) groups excluding carboxylic acids is 2. The van der Waals surface area contributed by atoms with Crippen molar-refractivity contribution in [2.45, 2.75) is 30.7 Å². The minimum Gasteiger partial charge on any atom is -0.542 e. The number of benzene rings is 2. The topological polar surface area (TPSA) is 86.7 Å². The van der Waals surface area contributed by atoms with Crippen LogP contribution >= 0.6 is 0 Å². The Hall–Kier alpha value is -3.35. The van der Waals surface area contributed by atoms with Crippen LogP contribution in [0.2, 0.25) is 0 Å². The van der Waals surface area contributed by atoms with Crippen molar-refractivity contribution in [3.8, 4) is 12.3 Å². The molecule has 0 amide bonds. The number of ether oxygens (including phenoxy) is 1. The summed E-state index contributed by atoms with van der Waals surface area (Å²) < 4.78 is 38.4. The first-order valence-electron chi connectivity index (χ1n) is 11.1. The number of esters is 1. The van der Waals surface area contributed by atoms with Crippen LogP contribution in [0.3, 0.4) is 0 Å². The molecule has 1 N–H and O–H groups in total. The van der Waals surface area contributed by atoms with E-state index >= 15 is 0 Å². The van der Waals surface area contributed by atoms with E-state index in [2.05, 4.69) is 5.92 Å². The number of hydrogen-bond acceptors (Lipinski definition) is 5. The molecule has 2 aromatic carbocycles. The van der Waals surface area contributed by atoms with Crippen LogP contribution < -0.4 is 5.11 Å². The van der Waals surface area contributed by atoms with Gasteiger partial charge in [0.25, 0.3) is 0 Å². The van der Waals surface area contributed by atoms with Gasteiger partial charge in [-0.3, -0.25) is 0 Å². The molecule has 0 spiro atoms. The molecule has 3 fully saturated rings. The zero-order valence-corrected chi connectivity index (χ0v) is 18.9. The highest BCUT2D eigenvalue weighted by molar-refractivity contribution is 5.85. The average molecular weight is 489 g/mol. The lowest BCUT2D eigenvalue weighted by molar-refractivity contribution is -0.939. The summed E-state index contributed by atoms with van der Waals surface area (Å²) in [6.07, 6.45) is 2.21. The Labute approximate surface area is 201 Å². The second-order valence-corrected chi connectivity index (χ2v) is 8.84. The molecule has 186 valence electrons. The number of aliphatic hydroxyl groups is 1. The van der Waals surface area contributed by atoms with Gasteiger partial charge in [0, 0.05) is 18.8 Å². The Morgan fingerprint density at radius 3 is 1.89 bits per heavy atom. The highest BCUT2D eigenvalue weighted by atomic mass is 19.4. The highest BCUT2D eigenvalue weighted by Crippen LogP contribution is 2.38. The zero-order valence-electron chi connectivity index (χ0n) is 18.9. The monoisotopic (exact) mass is 489 g/mol. The number of piperidine rings is 3. The van der Waals surface area contributed by atoms with Crippen LogP contribution in [-0.4, -0.2) is 60.0 Å². The number of rotatable bonds is 5. The Morgan fingerprint density at radius 2 is 1.49 bits per heavy atom. The molecular formula is C26H26F3NO5. The molecule has 0 unspecified atom stereocenters. The van der Waals surface area contributed by atoms with E-state index in [0.717, 1.165) is 37.0 Å². The third-order valence-corrected chi connectivity index (χ3v) is 6.64. The molecule has 2 aromatic rings. The molecule has 3 aliphatic rings. The summed E-state index contributed by atoms with van der Waals surface area (Å²) in [4.78, 5) is 22.1. The lowest BCUT2D eigenvalue weighted by Crippen LogP contribution is -2.64. The number of alkyl halides is 3. The lowest BCUT2D eigenvalue weighted by atomic mass is 9.82. The Balaban J connectivity index is 0.000000429. The second-order valence-electron chi connectivity index (χ2n) is 8.84. The van der Waals surface area contributed by atoms with Gasteiger partial charge in [-0.2, -0.15) is 13.2 Å². The van der Waals surface area contributed by atoms with Gasteiger partial charge < -0.3 is 24.2 Å². The Morgan fingerprint density at radius 1 is 1.03 bits per heavy atom. The predicted molar refractivity (Wildman–Crippen MR) is 118 cm³/mol. The van der Waals surface area contributed by atoms with Crippen LogP contribution in [0.4, 0.5) is 13.2 Å². The first kappa shape index (κ1) is 26.3. The van der Waals surface area contributed by atoms with Gasteiger partial charge in [0.1, 0.15) is 19.1 Å². The van der Waals surface area contributed by atoms with Gasteiger partial charge in [-0.25, -0.2) is 4.79 Å². The summed E-state index contributed by atoms with van der Waals surface area (Å²) in [5.41, 5.74) is -0.800. The molecule has 3 heterocycles. The van der Waals surface area contributed by atoms with E-state index in [1.807, 2.05) is 36.4 Å². The maximum absolute atomic E-state index is 13.4. The molecule has 0 aromatic heterocycles. The fraction of sp³-hybridized carbons (Fsp3) is 0.385. The third kappa shape index (κ3) is 5.84. The van der Waals surface area contributed by atoms with Gasteiger partial charge >= 0.3 is 12.1 Å². The molecule has 3 aliphatic heterocycles. The van der Waals surface area contributed by atoms with Crippen LogP contribution in [-0.2, 0) is 19.9 Å². The minimum atomic E-state index is -5.19. The molecule has 35 heavy (non-hydrogen) atoms. The van der Waals surface area contributed by atoms with Gasteiger partial charge in [-0.05, 0) is 17.0 Å². The molecule has 9 heteroatoms. The summed E-state index contributed by atoms with van der Waals surface area (Å²) in [5.74, 6) is -0.479. The fourth-order valence-corrected chi connectivity index (χ4v) is 4.75. The van der Waals surface area contributed by atoms with E-state index in [-0.39, 0.29) is 6.10 Å². The Bertz CT molecular complexity index is 1020. The molecular weight excluding hydrogens is 463 g/mol. The van der Waals surface area contributed by atoms with E-state index in [1.165, 1.54) is 0 Å². The van der Waals surface area contributed by atoms with E-state index in [1.54, 1.807) is 24.3 Å². The van der Waals surface area contributed by atoms with Gasteiger partial charge in [0.05, 0.1) is 13.1 Å². The minimum absolute atomic E-state index is 0.206. The van der Waals surface area contributed by atoms with Crippen molar-refractivity contribution in [3.63, 3.8) is 0 Å². The number of carboxylic acids is 1. The van der Waals surface area contributed by atoms with E-state index in [0.29, 0.717) is 23.6 Å². The van der Waals surface area contributed by atoms with E-state index in [9.17, 15) is 23.1 Å². The van der Waals surface area contributed by atoms with Crippen LogP contribution in [0.25, 0.3) is 0 Å². The fourth-order valence-electron chi connectivity index (χ4n) is 4.75. The maximum Gasteiger partial charge on any atom is 0.430 e.